The van der Waals surface area contributed by atoms with Crippen LogP contribution in [0.1, 0.15) is 11.4 Å². The van der Waals surface area contributed by atoms with Crippen LogP contribution in [-0.2, 0) is 16.1 Å². The molecule has 1 amide bonds. The van der Waals surface area contributed by atoms with Crippen LogP contribution in [0.2, 0.25) is 0 Å². The second-order valence-corrected chi connectivity index (χ2v) is 6.94. The van der Waals surface area contributed by atoms with Gasteiger partial charge in [0.25, 0.3) is 0 Å². The summed E-state index contributed by atoms with van der Waals surface area (Å²) in [7, 11) is 0. The first-order chi connectivity index (χ1) is 8.56. The molecule has 2 N–H and O–H groups in total. The highest BCUT2D eigenvalue weighted by Crippen LogP contribution is 2.19. The number of piperazine rings is 1. The van der Waals surface area contributed by atoms with E-state index in [2.05, 4.69) is 32.9 Å². The lowest BCUT2D eigenvalue weighted by atomic mass is 10.1. The summed E-state index contributed by atoms with van der Waals surface area (Å²) < 4.78 is 1.08. The highest BCUT2D eigenvalue weighted by molar-refractivity contribution is 14.1. The molecular weight excluding hydrogens is 369 g/mol. The Bertz CT molecular complexity index is 465. The molecule has 1 aliphatic heterocycles. The molecule has 1 saturated heterocycles. The van der Waals surface area contributed by atoms with E-state index < -0.39 is 12.0 Å². The molecule has 0 spiro atoms. The van der Waals surface area contributed by atoms with Crippen molar-refractivity contribution in [1.29, 1.82) is 0 Å². The topological polar surface area (TPSA) is 82.5 Å². The van der Waals surface area contributed by atoms with Crippen molar-refractivity contribution in [2.45, 2.75) is 19.0 Å². The summed E-state index contributed by atoms with van der Waals surface area (Å²) in [5.74, 6) is -1.18. The lowest BCUT2D eigenvalue weighted by Crippen LogP contribution is -2.55. The number of carbonyl (C=O) groups excluding carboxylic acids is 1. The summed E-state index contributed by atoms with van der Waals surface area (Å²) in [4.78, 5) is 28.6. The first kappa shape index (κ1) is 13.7. The van der Waals surface area contributed by atoms with Gasteiger partial charge in [-0.1, -0.05) is 0 Å². The van der Waals surface area contributed by atoms with Gasteiger partial charge in [0.1, 0.15) is 11.0 Å². The molecule has 8 heteroatoms. The minimum absolute atomic E-state index is 0.172. The largest absolute Gasteiger partial charge is 0.481 e. The summed E-state index contributed by atoms with van der Waals surface area (Å²) >= 11 is 3.75. The van der Waals surface area contributed by atoms with Crippen LogP contribution in [0.3, 0.4) is 0 Å². The number of carboxylic acids is 1. The molecule has 0 aliphatic carbocycles. The SMILES string of the molecule is O=C(O)CC1C(=O)NCCN1Cc1ncc(I)s1. The van der Waals surface area contributed by atoms with Crippen LogP contribution in [0.15, 0.2) is 6.20 Å². The molecule has 1 atom stereocenters. The van der Waals surface area contributed by atoms with Gasteiger partial charge in [-0.3, -0.25) is 14.5 Å². The van der Waals surface area contributed by atoms with Gasteiger partial charge in [-0.15, -0.1) is 11.3 Å². The van der Waals surface area contributed by atoms with Crippen LogP contribution in [-0.4, -0.2) is 46.0 Å². The average Bonchev–Trinajstić information content (AvgIpc) is 2.69. The van der Waals surface area contributed by atoms with E-state index in [1.165, 1.54) is 0 Å². The summed E-state index contributed by atoms with van der Waals surface area (Å²) in [5, 5.41) is 12.5. The summed E-state index contributed by atoms with van der Waals surface area (Å²) in [6.45, 7) is 1.73. The van der Waals surface area contributed by atoms with Crippen LogP contribution in [0.25, 0.3) is 0 Å². The zero-order valence-corrected chi connectivity index (χ0v) is 12.4. The van der Waals surface area contributed by atoms with E-state index in [0.29, 0.717) is 19.6 Å². The maximum absolute atomic E-state index is 11.7. The Hall–Kier alpha value is -0.740. The molecule has 18 heavy (non-hydrogen) atoms. The average molecular weight is 381 g/mol. The monoisotopic (exact) mass is 381 g/mol. The van der Waals surface area contributed by atoms with E-state index in [9.17, 15) is 9.59 Å². The van der Waals surface area contributed by atoms with Crippen LogP contribution in [0, 0.1) is 2.88 Å². The number of amides is 1. The van der Waals surface area contributed by atoms with Crippen molar-refractivity contribution >= 4 is 45.8 Å². The first-order valence-corrected chi connectivity index (χ1v) is 7.29. The van der Waals surface area contributed by atoms with Gasteiger partial charge in [-0.05, 0) is 22.6 Å². The Labute approximate surface area is 122 Å². The number of halogens is 1. The van der Waals surface area contributed by atoms with Gasteiger partial charge in [-0.2, -0.15) is 0 Å². The second-order valence-electron chi connectivity index (χ2n) is 3.93. The van der Waals surface area contributed by atoms with E-state index in [1.807, 2.05) is 4.90 Å². The van der Waals surface area contributed by atoms with Gasteiger partial charge in [-0.25, -0.2) is 4.98 Å². The molecule has 1 unspecified atom stereocenters. The van der Waals surface area contributed by atoms with Gasteiger partial charge in [0.2, 0.25) is 5.91 Å². The molecule has 2 rings (SSSR count). The van der Waals surface area contributed by atoms with Gasteiger partial charge < -0.3 is 10.4 Å². The number of carbonyl (C=O) groups is 2. The van der Waals surface area contributed by atoms with E-state index >= 15 is 0 Å². The number of aliphatic carboxylic acids is 1. The Balaban J connectivity index is 2.07. The fourth-order valence-electron chi connectivity index (χ4n) is 1.87. The molecule has 2 heterocycles. The number of carboxylic acid groups (broad SMARTS) is 1. The Morgan fingerprint density at radius 2 is 2.50 bits per heavy atom. The predicted molar refractivity (Wildman–Crippen MR) is 74.3 cm³/mol. The van der Waals surface area contributed by atoms with Crippen molar-refractivity contribution in [3.63, 3.8) is 0 Å². The molecule has 1 aliphatic rings. The van der Waals surface area contributed by atoms with Gasteiger partial charge in [0, 0.05) is 13.1 Å². The lowest BCUT2D eigenvalue weighted by Gasteiger charge is -2.33. The molecule has 1 aromatic heterocycles. The normalized spacial score (nSPS) is 20.7. The van der Waals surface area contributed by atoms with Crippen molar-refractivity contribution in [2.24, 2.45) is 0 Å². The van der Waals surface area contributed by atoms with Gasteiger partial charge in [0.15, 0.2) is 0 Å². The summed E-state index contributed by atoms with van der Waals surface area (Å²) in [6.07, 6.45) is 1.60. The molecule has 98 valence electrons. The van der Waals surface area contributed by atoms with Gasteiger partial charge in [0.05, 0.1) is 22.0 Å². The minimum Gasteiger partial charge on any atom is -0.481 e. The molecule has 6 nitrogen and oxygen atoms in total. The van der Waals surface area contributed by atoms with Crippen molar-refractivity contribution in [2.75, 3.05) is 13.1 Å². The van der Waals surface area contributed by atoms with E-state index in [4.69, 9.17) is 5.11 Å². The van der Waals surface area contributed by atoms with Crippen molar-refractivity contribution < 1.29 is 14.7 Å². The molecular formula is C10H12IN3O3S. The Morgan fingerprint density at radius 1 is 1.72 bits per heavy atom. The maximum atomic E-state index is 11.7. The predicted octanol–water partition coefficient (Wildman–Crippen LogP) is 0.523. The number of hydrogen-bond acceptors (Lipinski definition) is 5. The molecule has 0 saturated carbocycles. The number of nitrogens with one attached hydrogen (secondary N) is 1. The van der Waals surface area contributed by atoms with Crippen molar-refractivity contribution in [1.82, 2.24) is 15.2 Å². The fraction of sp³-hybridized carbons (Fsp3) is 0.500. The minimum atomic E-state index is -0.962. The molecule has 0 bridgehead atoms. The Kier molecular flexibility index (Phi) is 4.51. The highest BCUT2D eigenvalue weighted by atomic mass is 127. The number of nitrogens with zero attached hydrogens (tertiary/aromatic N) is 2. The third kappa shape index (κ3) is 3.39. The van der Waals surface area contributed by atoms with Crippen molar-refractivity contribution in [3.8, 4) is 0 Å². The quantitative estimate of drug-likeness (QED) is 0.744. The fourth-order valence-corrected chi connectivity index (χ4v) is 3.44. The first-order valence-electron chi connectivity index (χ1n) is 5.40. The van der Waals surface area contributed by atoms with E-state index in [0.717, 1.165) is 7.89 Å². The molecule has 1 aromatic rings. The Morgan fingerprint density at radius 3 is 3.11 bits per heavy atom. The van der Waals surface area contributed by atoms with Crippen LogP contribution >= 0.6 is 33.9 Å². The lowest BCUT2D eigenvalue weighted by molar-refractivity contribution is -0.143. The third-order valence-corrected chi connectivity index (χ3v) is 4.38. The zero-order chi connectivity index (χ0) is 13.1. The van der Waals surface area contributed by atoms with Crippen LogP contribution in [0.5, 0.6) is 0 Å². The number of thiazole rings is 1. The number of rotatable bonds is 4. The van der Waals surface area contributed by atoms with E-state index in [-0.39, 0.29) is 12.3 Å². The van der Waals surface area contributed by atoms with Gasteiger partial charge >= 0.3 is 5.97 Å². The second kappa shape index (κ2) is 5.93. The number of hydrogen-bond donors (Lipinski definition) is 2. The molecule has 0 radical (unpaired) electrons. The highest BCUT2D eigenvalue weighted by Gasteiger charge is 2.31. The molecule has 0 aromatic carbocycles. The third-order valence-electron chi connectivity index (χ3n) is 2.67. The smallest absolute Gasteiger partial charge is 0.305 e. The summed E-state index contributed by atoms with van der Waals surface area (Å²) in [6, 6.07) is -0.599. The summed E-state index contributed by atoms with van der Waals surface area (Å²) in [5.41, 5.74) is 0. The standard InChI is InChI=1S/C10H12IN3O3S/c11-7-4-13-8(18-7)5-14-2-1-12-10(17)6(14)3-9(15)16/h4,6H,1-3,5H2,(H,12,17)(H,15,16). The van der Waals surface area contributed by atoms with Crippen LogP contribution < -0.4 is 5.32 Å². The van der Waals surface area contributed by atoms with Crippen molar-refractivity contribution in [3.05, 3.63) is 14.1 Å². The van der Waals surface area contributed by atoms with Crippen LogP contribution in [0.4, 0.5) is 0 Å². The number of aromatic nitrogens is 1. The zero-order valence-electron chi connectivity index (χ0n) is 9.43. The van der Waals surface area contributed by atoms with E-state index in [1.54, 1.807) is 17.5 Å². The maximum Gasteiger partial charge on any atom is 0.305 e. The molecule has 1 fully saturated rings.